The lowest BCUT2D eigenvalue weighted by atomic mass is 10.1. The van der Waals surface area contributed by atoms with Crippen LogP contribution in [0.25, 0.3) is 0 Å². The van der Waals surface area contributed by atoms with E-state index in [0.29, 0.717) is 17.7 Å². The van der Waals surface area contributed by atoms with Gasteiger partial charge in [0.1, 0.15) is 5.82 Å². The van der Waals surface area contributed by atoms with Gasteiger partial charge < -0.3 is 5.32 Å². The van der Waals surface area contributed by atoms with Crippen molar-refractivity contribution in [2.75, 3.05) is 18.1 Å². The van der Waals surface area contributed by atoms with Gasteiger partial charge in [0.05, 0.1) is 11.6 Å². The number of benzene rings is 1. The molecule has 0 amide bonds. The molecule has 1 aromatic carbocycles. The summed E-state index contributed by atoms with van der Waals surface area (Å²) in [6, 6.07) is 6.28. The molecule has 0 spiro atoms. The number of hydrogen-bond donors (Lipinski definition) is 1. The molecule has 1 N–H and O–H groups in total. The van der Waals surface area contributed by atoms with Crippen LogP contribution in [0.1, 0.15) is 11.1 Å². The number of halogens is 1. The Morgan fingerprint density at radius 1 is 1.53 bits per heavy atom. The molecule has 0 aliphatic rings. The lowest BCUT2D eigenvalue weighted by Gasteiger charge is -2.06. The lowest BCUT2D eigenvalue weighted by molar-refractivity contribution is 0.621. The van der Waals surface area contributed by atoms with Crippen LogP contribution in [0, 0.1) is 17.1 Å². The minimum atomic E-state index is -0.304. The second kappa shape index (κ2) is 7.88. The number of nitriles is 1. The first-order chi connectivity index (χ1) is 8.27. The van der Waals surface area contributed by atoms with E-state index in [2.05, 4.69) is 18.0 Å². The van der Waals surface area contributed by atoms with Crippen LogP contribution < -0.4 is 5.32 Å². The highest BCUT2D eigenvalue weighted by Gasteiger charge is 2.02. The average molecular weight is 250 g/mol. The number of thioether (sulfide) groups is 1. The van der Waals surface area contributed by atoms with Gasteiger partial charge in [-0.15, -0.1) is 6.58 Å². The Balaban J connectivity index is 2.38. The van der Waals surface area contributed by atoms with E-state index >= 15 is 0 Å². The van der Waals surface area contributed by atoms with Crippen LogP contribution in [0.15, 0.2) is 30.9 Å². The van der Waals surface area contributed by atoms with Crippen molar-refractivity contribution in [2.24, 2.45) is 0 Å². The van der Waals surface area contributed by atoms with Gasteiger partial charge in [-0.25, -0.2) is 4.39 Å². The third-order valence-electron chi connectivity index (χ3n) is 2.16. The van der Waals surface area contributed by atoms with Crippen molar-refractivity contribution in [1.82, 2.24) is 5.32 Å². The normalized spacial score (nSPS) is 9.88. The molecule has 0 saturated carbocycles. The van der Waals surface area contributed by atoms with Crippen LogP contribution in [-0.4, -0.2) is 18.1 Å². The Labute approximate surface area is 106 Å². The molecule has 17 heavy (non-hydrogen) atoms. The van der Waals surface area contributed by atoms with Crippen LogP contribution in [0.3, 0.4) is 0 Å². The van der Waals surface area contributed by atoms with Gasteiger partial charge in [-0.05, 0) is 23.8 Å². The maximum Gasteiger partial charge on any atom is 0.123 e. The summed E-state index contributed by atoms with van der Waals surface area (Å²) in [5, 5.41) is 12.1. The fourth-order valence-corrected chi connectivity index (χ4v) is 1.97. The lowest BCUT2D eigenvalue weighted by Crippen LogP contribution is -2.17. The zero-order valence-corrected chi connectivity index (χ0v) is 10.4. The minimum absolute atomic E-state index is 0.304. The molecule has 0 saturated heterocycles. The van der Waals surface area contributed by atoms with Crippen molar-refractivity contribution in [3.8, 4) is 6.07 Å². The zero-order valence-electron chi connectivity index (χ0n) is 9.58. The van der Waals surface area contributed by atoms with E-state index in [0.717, 1.165) is 18.1 Å². The first-order valence-corrected chi connectivity index (χ1v) is 6.51. The van der Waals surface area contributed by atoms with Crippen molar-refractivity contribution in [3.05, 3.63) is 47.8 Å². The second-order valence-electron chi connectivity index (χ2n) is 3.45. The standard InChI is InChI=1S/C13H15FN2S/c1-2-6-17-7-5-16-10-12-8-13(14)4-3-11(12)9-15/h2-4,8,16H,1,5-7,10H2. The van der Waals surface area contributed by atoms with E-state index in [1.165, 1.54) is 18.2 Å². The molecule has 0 heterocycles. The van der Waals surface area contributed by atoms with Crippen LogP contribution in [0.2, 0.25) is 0 Å². The third kappa shape index (κ3) is 5.03. The quantitative estimate of drug-likeness (QED) is 0.597. The Kier molecular flexibility index (Phi) is 6.38. The van der Waals surface area contributed by atoms with Gasteiger partial charge in [-0.1, -0.05) is 6.08 Å². The third-order valence-corrected chi connectivity index (χ3v) is 3.13. The minimum Gasteiger partial charge on any atom is -0.312 e. The van der Waals surface area contributed by atoms with Crippen LogP contribution in [-0.2, 0) is 6.54 Å². The zero-order chi connectivity index (χ0) is 12.5. The van der Waals surface area contributed by atoms with Gasteiger partial charge in [0.15, 0.2) is 0 Å². The van der Waals surface area contributed by atoms with Crippen molar-refractivity contribution in [2.45, 2.75) is 6.54 Å². The van der Waals surface area contributed by atoms with Gasteiger partial charge in [0.2, 0.25) is 0 Å². The summed E-state index contributed by atoms with van der Waals surface area (Å²) in [5.74, 6) is 1.61. The molecule has 0 aromatic heterocycles. The molecular formula is C13H15FN2S. The van der Waals surface area contributed by atoms with E-state index in [1.807, 2.05) is 6.08 Å². The molecule has 1 rings (SSSR count). The summed E-state index contributed by atoms with van der Waals surface area (Å²) in [7, 11) is 0. The molecular weight excluding hydrogens is 235 g/mol. The van der Waals surface area contributed by atoms with E-state index in [9.17, 15) is 4.39 Å². The van der Waals surface area contributed by atoms with E-state index in [1.54, 1.807) is 11.8 Å². The molecule has 0 aliphatic heterocycles. The van der Waals surface area contributed by atoms with Crippen LogP contribution >= 0.6 is 11.8 Å². The van der Waals surface area contributed by atoms with Gasteiger partial charge in [-0.3, -0.25) is 0 Å². The van der Waals surface area contributed by atoms with Crippen LogP contribution in [0.4, 0.5) is 4.39 Å². The molecule has 0 fully saturated rings. The fourth-order valence-electron chi connectivity index (χ4n) is 1.35. The monoisotopic (exact) mass is 250 g/mol. The van der Waals surface area contributed by atoms with Crippen molar-refractivity contribution < 1.29 is 4.39 Å². The van der Waals surface area contributed by atoms with Gasteiger partial charge >= 0.3 is 0 Å². The maximum absolute atomic E-state index is 13.0. The highest BCUT2D eigenvalue weighted by Crippen LogP contribution is 2.10. The summed E-state index contributed by atoms with van der Waals surface area (Å²) in [5.41, 5.74) is 1.24. The SMILES string of the molecule is C=CCSCCNCc1cc(F)ccc1C#N. The molecule has 0 bridgehead atoms. The molecule has 2 nitrogen and oxygen atoms in total. The number of hydrogen-bond acceptors (Lipinski definition) is 3. The molecule has 0 atom stereocenters. The summed E-state index contributed by atoms with van der Waals surface area (Å²) >= 11 is 1.78. The van der Waals surface area contributed by atoms with Crippen LogP contribution in [0.5, 0.6) is 0 Å². The first kappa shape index (κ1) is 13.8. The van der Waals surface area contributed by atoms with E-state index in [4.69, 9.17) is 5.26 Å². The summed E-state index contributed by atoms with van der Waals surface area (Å²) in [6.07, 6.45) is 1.87. The highest BCUT2D eigenvalue weighted by molar-refractivity contribution is 7.99. The molecule has 90 valence electrons. The summed E-state index contributed by atoms with van der Waals surface area (Å²) < 4.78 is 13.0. The van der Waals surface area contributed by atoms with Gasteiger partial charge in [0, 0.05) is 24.6 Å². The fraction of sp³-hybridized carbons (Fsp3) is 0.308. The number of nitrogens with zero attached hydrogens (tertiary/aromatic N) is 1. The van der Waals surface area contributed by atoms with Crippen molar-refractivity contribution in [3.63, 3.8) is 0 Å². The molecule has 1 aromatic rings. The Bertz CT molecular complexity index is 412. The van der Waals surface area contributed by atoms with E-state index in [-0.39, 0.29) is 5.82 Å². The average Bonchev–Trinajstić information content (AvgIpc) is 2.34. The highest BCUT2D eigenvalue weighted by atomic mass is 32.2. The van der Waals surface area contributed by atoms with Crippen molar-refractivity contribution >= 4 is 11.8 Å². The number of rotatable bonds is 7. The van der Waals surface area contributed by atoms with Gasteiger partial charge in [0.25, 0.3) is 0 Å². The molecule has 0 radical (unpaired) electrons. The second-order valence-corrected chi connectivity index (χ2v) is 4.60. The Morgan fingerprint density at radius 2 is 2.35 bits per heavy atom. The van der Waals surface area contributed by atoms with E-state index < -0.39 is 0 Å². The summed E-state index contributed by atoms with van der Waals surface area (Å²) in [4.78, 5) is 0. The predicted molar refractivity (Wildman–Crippen MR) is 70.3 cm³/mol. The number of nitrogens with one attached hydrogen (secondary N) is 1. The molecule has 0 aliphatic carbocycles. The predicted octanol–water partition coefficient (Wildman–Crippen LogP) is 2.71. The first-order valence-electron chi connectivity index (χ1n) is 5.36. The Morgan fingerprint density at radius 3 is 3.06 bits per heavy atom. The van der Waals surface area contributed by atoms with Crippen molar-refractivity contribution in [1.29, 1.82) is 5.26 Å². The largest absolute Gasteiger partial charge is 0.312 e. The topological polar surface area (TPSA) is 35.8 Å². The molecule has 4 heteroatoms. The molecule has 0 unspecified atom stereocenters. The Hall–Kier alpha value is -1.31. The smallest absolute Gasteiger partial charge is 0.123 e. The summed E-state index contributed by atoms with van der Waals surface area (Å²) in [6.45, 7) is 5.00. The maximum atomic E-state index is 13.0. The van der Waals surface area contributed by atoms with Gasteiger partial charge in [-0.2, -0.15) is 17.0 Å².